The fourth-order valence-electron chi connectivity index (χ4n) is 2.65. The van der Waals surface area contributed by atoms with Crippen LogP contribution in [0.15, 0.2) is 16.6 Å². The Morgan fingerprint density at radius 1 is 1.33 bits per heavy atom. The second kappa shape index (κ2) is 5.59. The highest BCUT2D eigenvalue weighted by atomic mass is 79.9. The fourth-order valence-corrected chi connectivity index (χ4v) is 3.20. The first-order chi connectivity index (χ1) is 8.83. The smallest absolute Gasteiger partial charge is 0.127 e. The van der Waals surface area contributed by atoms with Crippen molar-refractivity contribution in [1.29, 1.82) is 0 Å². The second-order valence-electron chi connectivity index (χ2n) is 4.92. The van der Waals surface area contributed by atoms with Gasteiger partial charge in [0.05, 0.1) is 12.7 Å². The maximum atomic E-state index is 5.72. The van der Waals surface area contributed by atoms with Gasteiger partial charge in [-0.3, -0.25) is 0 Å². The first-order valence-electron chi connectivity index (χ1n) is 6.59. The highest BCUT2D eigenvalue weighted by Crippen LogP contribution is 2.32. The number of fused-ring (bicyclic) bond motifs is 1. The molecule has 0 radical (unpaired) electrons. The van der Waals surface area contributed by atoms with Gasteiger partial charge >= 0.3 is 0 Å². The summed E-state index contributed by atoms with van der Waals surface area (Å²) in [4.78, 5) is 0. The summed E-state index contributed by atoms with van der Waals surface area (Å²) in [6, 6.07) is 4.30. The SMILES string of the molecule is Brc1cc2c(c(CNCC3CCCO3)c1)OCC2. The van der Waals surface area contributed by atoms with Gasteiger partial charge in [0.2, 0.25) is 0 Å². The van der Waals surface area contributed by atoms with Gasteiger partial charge in [-0.05, 0) is 30.5 Å². The normalized spacial score (nSPS) is 21.9. The summed E-state index contributed by atoms with van der Waals surface area (Å²) in [5.41, 5.74) is 2.56. The van der Waals surface area contributed by atoms with Gasteiger partial charge in [-0.1, -0.05) is 15.9 Å². The Balaban J connectivity index is 1.61. The maximum absolute atomic E-state index is 5.72. The molecule has 0 amide bonds. The van der Waals surface area contributed by atoms with E-state index in [-0.39, 0.29) is 0 Å². The van der Waals surface area contributed by atoms with Crippen LogP contribution in [0, 0.1) is 0 Å². The molecule has 3 rings (SSSR count). The summed E-state index contributed by atoms with van der Waals surface area (Å²) in [5, 5.41) is 3.47. The van der Waals surface area contributed by atoms with Gasteiger partial charge < -0.3 is 14.8 Å². The van der Waals surface area contributed by atoms with Crippen LogP contribution >= 0.6 is 15.9 Å². The zero-order valence-electron chi connectivity index (χ0n) is 10.4. The minimum Gasteiger partial charge on any atom is -0.493 e. The number of hydrogen-bond acceptors (Lipinski definition) is 3. The van der Waals surface area contributed by atoms with Crippen molar-refractivity contribution in [2.75, 3.05) is 19.8 Å². The summed E-state index contributed by atoms with van der Waals surface area (Å²) in [5.74, 6) is 1.08. The molecule has 0 bridgehead atoms. The van der Waals surface area contributed by atoms with Crippen molar-refractivity contribution in [3.05, 3.63) is 27.7 Å². The van der Waals surface area contributed by atoms with Crippen LogP contribution in [0.4, 0.5) is 0 Å². The van der Waals surface area contributed by atoms with E-state index in [1.807, 2.05) is 0 Å². The minimum atomic E-state index is 0.395. The van der Waals surface area contributed by atoms with Crippen molar-refractivity contribution < 1.29 is 9.47 Å². The standard InChI is InChI=1S/C14H18BrNO2/c15-12-6-10-3-5-18-14(10)11(7-12)8-16-9-13-2-1-4-17-13/h6-7,13,16H,1-5,8-9H2. The van der Waals surface area contributed by atoms with Gasteiger partial charge in [0.25, 0.3) is 0 Å². The third-order valence-corrected chi connectivity index (χ3v) is 3.99. The van der Waals surface area contributed by atoms with E-state index >= 15 is 0 Å². The molecule has 1 aromatic carbocycles. The van der Waals surface area contributed by atoms with Gasteiger partial charge in [0, 0.05) is 36.2 Å². The highest BCUT2D eigenvalue weighted by molar-refractivity contribution is 9.10. The largest absolute Gasteiger partial charge is 0.493 e. The summed E-state index contributed by atoms with van der Waals surface area (Å²) >= 11 is 3.57. The van der Waals surface area contributed by atoms with Crippen molar-refractivity contribution in [1.82, 2.24) is 5.32 Å². The van der Waals surface area contributed by atoms with Crippen LogP contribution in [0.3, 0.4) is 0 Å². The van der Waals surface area contributed by atoms with Gasteiger partial charge in [-0.25, -0.2) is 0 Å². The second-order valence-corrected chi connectivity index (χ2v) is 5.83. The fraction of sp³-hybridized carbons (Fsp3) is 0.571. The Kier molecular flexibility index (Phi) is 3.87. The molecule has 18 heavy (non-hydrogen) atoms. The van der Waals surface area contributed by atoms with Gasteiger partial charge in [-0.15, -0.1) is 0 Å². The molecule has 1 atom stereocenters. The van der Waals surface area contributed by atoms with E-state index in [1.165, 1.54) is 24.0 Å². The van der Waals surface area contributed by atoms with Crippen LogP contribution in [0.5, 0.6) is 5.75 Å². The molecule has 0 saturated carbocycles. The van der Waals surface area contributed by atoms with E-state index in [2.05, 4.69) is 33.4 Å². The Labute approximate surface area is 116 Å². The molecule has 2 aliphatic rings. The summed E-state index contributed by atoms with van der Waals surface area (Å²) in [7, 11) is 0. The number of rotatable bonds is 4. The summed E-state index contributed by atoms with van der Waals surface area (Å²) < 4.78 is 12.5. The van der Waals surface area contributed by atoms with E-state index in [1.54, 1.807) is 0 Å². The van der Waals surface area contributed by atoms with E-state index in [4.69, 9.17) is 9.47 Å². The summed E-state index contributed by atoms with van der Waals surface area (Å²) in [6.07, 6.45) is 3.79. The van der Waals surface area contributed by atoms with E-state index in [0.29, 0.717) is 6.10 Å². The lowest BCUT2D eigenvalue weighted by atomic mass is 10.1. The van der Waals surface area contributed by atoms with E-state index in [0.717, 1.165) is 42.9 Å². The van der Waals surface area contributed by atoms with Crippen molar-refractivity contribution in [2.24, 2.45) is 0 Å². The monoisotopic (exact) mass is 311 g/mol. The lowest BCUT2D eigenvalue weighted by Gasteiger charge is -2.13. The first kappa shape index (κ1) is 12.5. The van der Waals surface area contributed by atoms with Crippen molar-refractivity contribution in [2.45, 2.75) is 31.9 Å². The molecular weight excluding hydrogens is 294 g/mol. The lowest BCUT2D eigenvalue weighted by molar-refractivity contribution is 0.110. The molecule has 1 N–H and O–H groups in total. The Morgan fingerprint density at radius 3 is 3.11 bits per heavy atom. The third-order valence-electron chi connectivity index (χ3n) is 3.54. The van der Waals surface area contributed by atoms with Gasteiger partial charge in [0.1, 0.15) is 5.75 Å². The molecule has 1 fully saturated rings. The molecule has 4 heteroatoms. The molecular formula is C14H18BrNO2. The number of halogens is 1. The van der Waals surface area contributed by atoms with Gasteiger partial charge in [0.15, 0.2) is 0 Å². The van der Waals surface area contributed by atoms with E-state index < -0.39 is 0 Å². The molecule has 2 heterocycles. The quantitative estimate of drug-likeness (QED) is 0.927. The zero-order chi connectivity index (χ0) is 12.4. The number of ether oxygens (including phenoxy) is 2. The molecule has 0 aliphatic carbocycles. The topological polar surface area (TPSA) is 30.5 Å². The predicted octanol–water partition coefficient (Wildman–Crippen LogP) is 2.65. The zero-order valence-corrected chi connectivity index (χ0v) is 12.0. The van der Waals surface area contributed by atoms with Crippen LogP contribution in [0.25, 0.3) is 0 Å². The number of benzene rings is 1. The average Bonchev–Trinajstić information content (AvgIpc) is 2.98. The molecule has 1 saturated heterocycles. The average molecular weight is 312 g/mol. The number of nitrogens with one attached hydrogen (secondary N) is 1. The highest BCUT2D eigenvalue weighted by Gasteiger charge is 2.18. The van der Waals surface area contributed by atoms with E-state index in [9.17, 15) is 0 Å². The lowest BCUT2D eigenvalue weighted by Crippen LogP contribution is -2.25. The molecule has 2 aliphatic heterocycles. The molecule has 0 spiro atoms. The van der Waals surface area contributed by atoms with Crippen molar-refractivity contribution in [3.8, 4) is 5.75 Å². The van der Waals surface area contributed by atoms with Crippen LogP contribution < -0.4 is 10.1 Å². The van der Waals surface area contributed by atoms with Crippen LogP contribution in [0.2, 0.25) is 0 Å². The van der Waals surface area contributed by atoms with Crippen LogP contribution in [0.1, 0.15) is 24.0 Å². The molecule has 1 aromatic rings. The molecule has 98 valence electrons. The van der Waals surface area contributed by atoms with Crippen molar-refractivity contribution >= 4 is 15.9 Å². The minimum absolute atomic E-state index is 0.395. The Hall–Kier alpha value is -0.580. The molecule has 0 aromatic heterocycles. The molecule has 1 unspecified atom stereocenters. The maximum Gasteiger partial charge on any atom is 0.127 e. The molecule has 3 nitrogen and oxygen atoms in total. The van der Waals surface area contributed by atoms with Gasteiger partial charge in [-0.2, -0.15) is 0 Å². The first-order valence-corrected chi connectivity index (χ1v) is 7.38. The Bertz CT molecular complexity index is 430. The van der Waals surface area contributed by atoms with Crippen molar-refractivity contribution in [3.63, 3.8) is 0 Å². The Morgan fingerprint density at radius 2 is 2.28 bits per heavy atom. The van der Waals surface area contributed by atoms with Crippen LogP contribution in [-0.4, -0.2) is 25.9 Å². The number of hydrogen-bond donors (Lipinski definition) is 1. The predicted molar refractivity (Wildman–Crippen MR) is 74.0 cm³/mol. The summed E-state index contributed by atoms with van der Waals surface area (Å²) in [6.45, 7) is 3.51. The third kappa shape index (κ3) is 2.71. The van der Waals surface area contributed by atoms with Crippen LogP contribution in [-0.2, 0) is 17.7 Å².